The highest BCUT2D eigenvalue weighted by molar-refractivity contribution is 5.28. The van der Waals surface area contributed by atoms with Crippen LogP contribution in [0.25, 0.3) is 0 Å². The van der Waals surface area contributed by atoms with Gasteiger partial charge in [-0.15, -0.1) is 0 Å². The Morgan fingerprint density at radius 3 is 3.14 bits per heavy atom. The molecule has 3 rings (SSSR count). The molecule has 1 aliphatic rings. The summed E-state index contributed by atoms with van der Waals surface area (Å²) in [5.41, 5.74) is 4.03. The number of nitrogens with one attached hydrogen (secondary N) is 1. The van der Waals surface area contributed by atoms with Crippen molar-refractivity contribution in [2.24, 2.45) is 0 Å². The third-order valence-electron chi connectivity index (χ3n) is 4.59. The van der Waals surface area contributed by atoms with Crippen molar-refractivity contribution < 1.29 is 4.74 Å². The van der Waals surface area contributed by atoms with E-state index >= 15 is 0 Å². The van der Waals surface area contributed by atoms with Crippen molar-refractivity contribution in [3.63, 3.8) is 0 Å². The first-order chi connectivity index (χ1) is 10.8. The first-order valence-electron chi connectivity index (χ1n) is 8.17. The molecule has 1 atom stereocenters. The highest BCUT2D eigenvalue weighted by atomic mass is 16.5. The van der Waals surface area contributed by atoms with Gasteiger partial charge < -0.3 is 4.74 Å². The molecular formula is C18H25N3O. The number of piperidine rings is 1. The molecule has 4 heteroatoms. The molecule has 0 bridgehead atoms. The van der Waals surface area contributed by atoms with Crippen LogP contribution in [-0.2, 0) is 13.0 Å². The highest BCUT2D eigenvalue weighted by Gasteiger charge is 2.24. The van der Waals surface area contributed by atoms with Crippen molar-refractivity contribution in [3.8, 4) is 5.75 Å². The minimum atomic E-state index is 0.580. The Labute approximate surface area is 132 Å². The fraction of sp³-hybridized carbons (Fsp3) is 0.500. The van der Waals surface area contributed by atoms with E-state index in [9.17, 15) is 0 Å². The van der Waals surface area contributed by atoms with Gasteiger partial charge in [0, 0.05) is 24.7 Å². The van der Waals surface area contributed by atoms with Crippen LogP contribution in [-0.4, -0.2) is 35.3 Å². The average Bonchev–Trinajstić information content (AvgIpc) is 3.04. The van der Waals surface area contributed by atoms with Crippen LogP contribution in [0, 0.1) is 0 Å². The average molecular weight is 299 g/mol. The van der Waals surface area contributed by atoms with Crippen molar-refractivity contribution in [1.82, 2.24) is 15.1 Å². The zero-order valence-electron chi connectivity index (χ0n) is 13.5. The fourth-order valence-corrected chi connectivity index (χ4v) is 3.42. The molecule has 0 amide bonds. The van der Waals surface area contributed by atoms with E-state index in [0.717, 1.165) is 25.3 Å². The fourth-order valence-electron chi connectivity index (χ4n) is 3.42. The molecular weight excluding hydrogens is 274 g/mol. The molecule has 4 nitrogen and oxygen atoms in total. The van der Waals surface area contributed by atoms with Gasteiger partial charge in [-0.2, -0.15) is 5.10 Å². The van der Waals surface area contributed by atoms with E-state index in [-0.39, 0.29) is 0 Å². The van der Waals surface area contributed by atoms with Crippen LogP contribution in [0.15, 0.2) is 30.5 Å². The number of benzene rings is 1. The minimum Gasteiger partial charge on any atom is -0.497 e. The zero-order chi connectivity index (χ0) is 15.4. The maximum atomic E-state index is 5.32. The van der Waals surface area contributed by atoms with E-state index in [1.807, 2.05) is 12.3 Å². The number of aryl methyl sites for hydroxylation is 1. The molecule has 2 aromatic rings. The molecule has 1 aromatic heterocycles. The third kappa shape index (κ3) is 3.33. The summed E-state index contributed by atoms with van der Waals surface area (Å²) < 4.78 is 5.32. The summed E-state index contributed by atoms with van der Waals surface area (Å²) in [4.78, 5) is 2.54. The van der Waals surface area contributed by atoms with Crippen LogP contribution < -0.4 is 4.74 Å². The predicted molar refractivity (Wildman–Crippen MR) is 88.2 cm³/mol. The third-order valence-corrected chi connectivity index (χ3v) is 4.59. The Morgan fingerprint density at radius 2 is 2.32 bits per heavy atom. The Hall–Kier alpha value is -1.81. The van der Waals surface area contributed by atoms with E-state index in [1.165, 1.54) is 36.2 Å². The molecule has 2 heterocycles. The van der Waals surface area contributed by atoms with Crippen molar-refractivity contribution in [2.45, 2.75) is 38.6 Å². The van der Waals surface area contributed by atoms with Gasteiger partial charge in [0.05, 0.1) is 13.3 Å². The highest BCUT2D eigenvalue weighted by Crippen LogP contribution is 2.29. The summed E-state index contributed by atoms with van der Waals surface area (Å²) in [5, 5.41) is 7.47. The van der Waals surface area contributed by atoms with Gasteiger partial charge >= 0.3 is 0 Å². The van der Waals surface area contributed by atoms with Gasteiger partial charge in [-0.1, -0.05) is 19.1 Å². The van der Waals surface area contributed by atoms with Crippen LogP contribution in [0.2, 0.25) is 0 Å². The summed E-state index contributed by atoms with van der Waals surface area (Å²) >= 11 is 0. The van der Waals surface area contributed by atoms with E-state index in [1.54, 1.807) is 7.11 Å². The largest absolute Gasteiger partial charge is 0.497 e. The second kappa shape index (κ2) is 6.97. The molecule has 1 aromatic carbocycles. The van der Waals surface area contributed by atoms with Gasteiger partial charge in [-0.25, -0.2) is 0 Å². The summed E-state index contributed by atoms with van der Waals surface area (Å²) in [5.74, 6) is 1.52. The zero-order valence-corrected chi connectivity index (χ0v) is 13.5. The van der Waals surface area contributed by atoms with Crippen LogP contribution in [0.5, 0.6) is 5.75 Å². The molecule has 1 N–H and O–H groups in total. The minimum absolute atomic E-state index is 0.580. The van der Waals surface area contributed by atoms with E-state index < -0.39 is 0 Å². The van der Waals surface area contributed by atoms with Crippen molar-refractivity contribution >= 4 is 0 Å². The number of nitrogens with zero attached hydrogens (tertiary/aromatic N) is 2. The molecule has 22 heavy (non-hydrogen) atoms. The predicted octanol–water partition coefficient (Wildman–Crippen LogP) is 3.36. The SMILES string of the molecule is CCc1cn[nH]c1C1CCCN(Cc2cccc(OC)c2)C1. The monoisotopic (exact) mass is 299 g/mol. The molecule has 1 aliphatic heterocycles. The first kappa shape index (κ1) is 15.1. The van der Waals surface area contributed by atoms with E-state index in [4.69, 9.17) is 4.74 Å². The van der Waals surface area contributed by atoms with Gasteiger partial charge in [0.25, 0.3) is 0 Å². The van der Waals surface area contributed by atoms with Crippen LogP contribution >= 0.6 is 0 Å². The lowest BCUT2D eigenvalue weighted by Crippen LogP contribution is -2.34. The topological polar surface area (TPSA) is 41.2 Å². The number of rotatable bonds is 5. The van der Waals surface area contributed by atoms with Crippen LogP contribution in [0.4, 0.5) is 0 Å². The lowest BCUT2D eigenvalue weighted by molar-refractivity contribution is 0.198. The maximum absolute atomic E-state index is 5.32. The molecule has 0 aliphatic carbocycles. The van der Waals surface area contributed by atoms with Crippen molar-refractivity contribution in [1.29, 1.82) is 0 Å². The maximum Gasteiger partial charge on any atom is 0.119 e. The molecule has 1 unspecified atom stereocenters. The molecule has 0 saturated carbocycles. The van der Waals surface area contributed by atoms with Crippen molar-refractivity contribution in [3.05, 3.63) is 47.3 Å². The Kier molecular flexibility index (Phi) is 4.78. The second-order valence-electron chi connectivity index (χ2n) is 6.09. The van der Waals surface area contributed by atoms with Gasteiger partial charge in [0.15, 0.2) is 0 Å². The summed E-state index contributed by atoms with van der Waals surface area (Å²) in [6, 6.07) is 8.39. The van der Waals surface area contributed by atoms with E-state index in [0.29, 0.717) is 5.92 Å². The second-order valence-corrected chi connectivity index (χ2v) is 6.09. The summed E-state index contributed by atoms with van der Waals surface area (Å²) in [7, 11) is 1.72. The van der Waals surface area contributed by atoms with E-state index in [2.05, 4.69) is 40.2 Å². The number of hydrogen-bond acceptors (Lipinski definition) is 3. The van der Waals surface area contributed by atoms with Gasteiger partial charge in [0.1, 0.15) is 5.75 Å². The normalized spacial score (nSPS) is 19.3. The van der Waals surface area contributed by atoms with Gasteiger partial charge in [-0.05, 0) is 49.1 Å². The number of aromatic amines is 1. The van der Waals surface area contributed by atoms with Crippen molar-refractivity contribution in [2.75, 3.05) is 20.2 Å². The Bertz CT molecular complexity index is 608. The summed E-state index contributed by atoms with van der Waals surface area (Å²) in [6.45, 7) is 5.46. The molecule has 1 saturated heterocycles. The Balaban J connectivity index is 1.68. The lowest BCUT2D eigenvalue weighted by Gasteiger charge is -2.32. The number of likely N-dealkylation sites (tertiary alicyclic amines) is 1. The number of methoxy groups -OCH3 is 1. The standard InChI is InChI=1S/C18H25N3O/c1-3-15-11-19-20-18(15)16-7-5-9-21(13-16)12-14-6-4-8-17(10-14)22-2/h4,6,8,10-11,16H,3,5,7,9,12-13H2,1-2H3,(H,19,20). The lowest BCUT2D eigenvalue weighted by atomic mass is 9.91. The number of ether oxygens (including phenoxy) is 1. The molecule has 0 radical (unpaired) electrons. The smallest absolute Gasteiger partial charge is 0.119 e. The quantitative estimate of drug-likeness (QED) is 0.920. The van der Waals surface area contributed by atoms with Crippen LogP contribution in [0.3, 0.4) is 0 Å². The number of H-pyrrole nitrogens is 1. The van der Waals surface area contributed by atoms with Gasteiger partial charge in [0.2, 0.25) is 0 Å². The molecule has 0 spiro atoms. The van der Waals surface area contributed by atoms with Gasteiger partial charge in [-0.3, -0.25) is 10.00 Å². The number of aromatic nitrogens is 2. The first-order valence-corrected chi connectivity index (χ1v) is 8.17. The summed E-state index contributed by atoms with van der Waals surface area (Å²) in [6.07, 6.45) is 5.54. The van der Waals surface area contributed by atoms with Crippen LogP contribution in [0.1, 0.15) is 42.5 Å². The molecule has 1 fully saturated rings. The Morgan fingerprint density at radius 1 is 1.41 bits per heavy atom. The number of hydrogen-bond donors (Lipinski definition) is 1. The molecule has 118 valence electrons.